The van der Waals surface area contributed by atoms with E-state index in [9.17, 15) is 21.6 Å². The van der Waals surface area contributed by atoms with E-state index in [1.165, 1.54) is 12.1 Å². The van der Waals surface area contributed by atoms with Crippen LogP contribution in [-0.4, -0.2) is 44.1 Å². The van der Waals surface area contributed by atoms with Crippen molar-refractivity contribution in [3.63, 3.8) is 0 Å². The van der Waals surface area contributed by atoms with Crippen LogP contribution in [0.4, 0.5) is 24.8 Å². The number of sulfonamides is 1. The van der Waals surface area contributed by atoms with Gasteiger partial charge in [-0.15, -0.1) is 12.4 Å². The Hall–Kier alpha value is -2.89. The highest BCUT2D eigenvalue weighted by Gasteiger charge is 2.35. The van der Waals surface area contributed by atoms with Crippen LogP contribution in [0.5, 0.6) is 0 Å². The predicted molar refractivity (Wildman–Crippen MR) is 131 cm³/mol. The molecule has 2 N–H and O–H groups in total. The summed E-state index contributed by atoms with van der Waals surface area (Å²) in [4.78, 5) is 10.4. The van der Waals surface area contributed by atoms with Crippen molar-refractivity contribution < 1.29 is 21.6 Å². The molecule has 0 amide bonds. The standard InChI is InChI=1S/C23H24F3N5O2S.ClH/c1-15-6-3-4-7-17(15)22-18(23(24,25)26)10-11-19(28-22)30-34(32,33)21-9-5-8-20(29-21)31-13-12-27-14-16(31)2;/h3-11,16,27H,12-14H2,1-2H3,(H,28,30);1H/t16-;/m1./s1. The molecule has 4 rings (SSSR count). The van der Waals surface area contributed by atoms with E-state index < -0.39 is 21.8 Å². The molecule has 1 saturated heterocycles. The number of hydrogen-bond donors (Lipinski definition) is 2. The fraction of sp³-hybridized carbons (Fsp3) is 0.304. The van der Waals surface area contributed by atoms with Crippen LogP contribution in [0.2, 0.25) is 0 Å². The van der Waals surface area contributed by atoms with Crippen molar-refractivity contribution in [1.29, 1.82) is 0 Å². The normalized spacial score (nSPS) is 16.5. The molecule has 3 aromatic rings. The molecule has 1 aliphatic rings. The molecule has 1 atom stereocenters. The third kappa shape index (κ3) is 5.85. The zero-order chi connectivity index (χ0) is 24.5. The molecule has 7 nitrogen and oxygen atoms in total. The molecule has 1 aromatic carbocycles. The van der Waals surface area contributed by atoms with Gasteiger partial charge in [0, 0.05) is 31.2 Å². The monoisotopic (exact) mass is 527 g/mol. The lowest BCUT2D eigenvalue weighted by molar-refractivity contribution is -0.137. The first kappa shape index (κ1) is 26.7. The van der Waals surface area contributed by atoms with Crippen LogP contribution in [0.15, 0.2) is 59.6 Å². The number of aromatic nitrogens is 2. The highest BCUT2D eigenvalue weighted by atomic mass is 35.5. The van der Waals surface area contributed by atoms with E-state index >= 15 is 0 Å². The number of nitrogens with one attached hydrogen (secondary N) is 2. The van der Waals surface area contributed by atoms with Crippen LogP contribution in [-0.2, 0) is 16.2 Å². The van der Waals surface area contributed by atoms with E-state index in [4.69, 9.17) is 0 Å². The van der Waals surface area contributed by atoms with E-state index in [1.54, 1.807) is 37.3 Å². The summed E-state index contributed by atoms with van der Waals surface area (Å²) in [5, 5.41) is 3.02. The number of piperazine rings is 1. The first-order valence-electron chi connectivity index (χ1n) is 10.7. The van der Waals surface area contributed by atoms with E-state index in [2.05, 4.69) is 20.0 Å². The molecule has 1 fully saturated rings. The fourth-order valence-corrected chi connectivity index (χ4v) is 4.84. The summed E-state index contributed by atoms with van der Waals surface area (Å²) in [6.45, 7) is 5.84. The van der Waals surface area contributed by atoms with Crippen molar-refractivity contribution in [3.05, 3.63) is 65.7 Å². The van der Waals surface area contributed by atoms with Crippen molar-refractivity contribution in [2.45, 2.75) is 31.1 Å². The van der Waals surface area contributed by atoms with Gasteiger partial charge in [-0.05, 0) is 43.7 Å². The maximum atomic E-state index is 13.7. The highest BCUT2D eigenvalue weighted by molar-refractivity contribution is 7.92. The smallest absolute Gasteiger partial charge is 0.351 e. The summed E-state index contributed by atoms with van der Waals surface area (Å²) in [5.41, 5.74) is -0.441. The Balaban J connectivity index is 0.00000342. The van der Waals surface area contributed by atoms with Crippen molar-refractivity contribution in [2.75, 3.05) is 29.3 Å². The van der Waals surface area contributed by atoms with E-state index in [-0.39, 0.29) is 40.6 Å². The predicted octanol–water partition coefficient (Wildman–Crippen LogP) is 4.49. The number of benzene rings is 1. The zero-order valence-corrected chi connectivity index (χ0v) is 20.6. The van der Waals surface area contributed by atoms with E-state index in [1.807, 2.05) is 11.8 Å². The van der Waals surface area contributed by atoms with Gasteiger partial charge in [0.05, 0.1) is 11.3 Å². The number of aryl methyl sites for hydroxylation is 1. The van der Waals surface area contributed by atoms with Crippen LogP contribution in [0.25, 0.3) is 11.3 Å². The molecule has 0 saturated carbocycles. The Morgan fingerprint density at radius 1 is 1.06 bits per heavy atom. The van der Waals surface area contributed by atoms with Gasteiger partial charge in [0.2, 0.25) is 0 Å². The van der Waals surface area contributed by atoms with Gasteiger partial charge in [0.25, 0.3) is 10.0 Å². The zero-order valence-electron chi connectivity index (χ0n) is 19.0. The number of alkyl halides is 3. The topological polar surface area (TPSA) is 87.2 Å². The van der Waals surface area contributed by atoms with Crippen molar-refractivity contribution >= 4 is 34.1 Å². The molecule has 188 valence electrons. The Bertz CT molecular complexity index is 1300. The number of hydrogen-bond acceptors (Lipinski definition) is 6. The van der Waals surface area contributed by atoms with Crippen molar-refractivity contribution in [2.24, 2.45) is 0 Å². The maximum absolute atomic E-state index is 13.7. The second-order valence-corrected chi connectivity index (χ2v) is 9.72. The molecule has 1 aliphatic heterocycles. The second kappa shape index (κ2) is 10.4. The minimum atomic E-state index is -4.65. The van der Waals surface area contributed by atoms with E-state index in [0.29, 0.717) is 17.9 Å². The fourth-order valence-electron chi connectivity index (χ4n) is 3.87. The highest BCUT2D eigenvalue weighted by Crippen LogP contribution is 2.38. The minimum Gasteiger partial charge on any atom is -0.351 e. The molecular weight excluding hydrogens is 503 g/mol. The number of halogens is 4. The second-order valence-electron chi connectivity index (χ2n) is 8.09. The average molecular weight is 528 g/mol. The lowest BCUT2D eigenvalue weighted by Crippen LogP contribution is -2.50. The van der Waals surface area contributed by atoms with Crippen LogP contribution in [0, 0.1) is 6.92 Å². The van der Waals surface area contributed by atoms with E-state index in [0.717, 1.165) is 25.2 Å². The first-order valence-corrected chi connectivity index (χ1v) is 12.2. The Labute approximate surface area is 208 Å². The van der Waals surface area contributed by atoms with Gasteiger partial charge >= 0.3 is 6.18 Å². The third-order valence-electron chi connectivity index (χ3n) is 5.62. The van der Waals surface area contributed by atoms with Crippen LogP contribution >= 0.6 is 12.4 Å². The lowest BCUT2D eigenvalue weighted by atomic mass is 10.0. The van der Waals surface area contributed by atoms with Gasteiger partial charge in [0.15, 0.2) is 5.03 Å². The Morgan fingerprint density at radius 3 is 2.49 bits per heavy atom. The minimum absolute atomic E-state index is 0. The van der Waals surface area contributed by atoms with Gasteiger partial charge in [-0.2, -0.15) is 21.6 Å². The summed E-state index contributed by atoms with van der Waals surface area (Å²) >= 11 is 0. The van der Waals surface area contributed by atoms with Crippen LogP contribution in [0.1, 0.15) is 18.1 Å². The van der Waals surface area contributed by atoms with Gasteiger partial charge in [-0.1, -0.05) is 30.3 Å². The molecule has 2 aromatic heterocycles. The first-order chi connectivity index (χ1) is 16.1. The summed E-state index contributed by atoms with van der Waals surface area (Å²) in [7, 11) is -4.20. The molecular formula is C23H25ClF3N5O2S. The van der Waals surface area contributed by atoms with Crippen LogP contribution in [0.3, 0.4) is 0 Å². The van der Waals surface area contributed by atoms with Gasteiger partial charge < -0.3 is 10.2 Å². The van der Waals surface area contributed by atoms with Gasteiger partial charge in [-0.25, -0.2) is 9.97 Å². The number of anilines is 2. The van der Waals surface area contributed by atoms with Gasteiger partial charge in [0.1, 0.15) is 11.6 Å². The quantitative estimate of drug-likeness (QED) is 0.508. The summed E-state index contributed by atoms with van der Waals surface area (Å²) < 4.78 is 69.3. The molecule has 12 heteroatoms. The molecule has 0 radical (unpaired) electrons. The lowest BCUT2D eigenvalue weighted by Gasteiger charge is -2.35. The van der Waals surface area contributed by atoms with Crippen molar-refractivity contribution in [1.82, 2.24) is 15.3 Å². The Morgan fingerprint density at radius 2 is 1.80 bits per heavy atom. The molecule has 3 heterocycles. The van der Waals surface area contributed by atoms with Gasteiger partial charge in [-0.3, -0.25) is 4.72 Å². The average Bonchev–Trinajstić information content (AvgIpc) is 2.79. The molecule has 0 aliphatic carbocycles. The SMILES string of the molecule is Cc1ccccc1-c1nc(NS(=O)(=O)c2cccc(N3CCNC[C@H]3C)n2)ccc1C(F)(F)F.Cl. The molecule has 35 heavy (non-hydrogen) atoms. The van der Waals surface area contributed by atoms with Crippen LogP contribution < -0.4 is 14.9 Å². The number of nitrogens with zero attached hydrogens (tertiary/aromatic N) is 3. The molecule has 0 spiro atoms. The molecule has 0 bridgehead atoms. The summed E-state index contributed by atoms with van der Waals surface area (Å²) in [5.74, 6) is 0.284. The Kier molecular flexibility index (Phi) is 7.93. The third-order valence-corrected chi connectivity index (χ3v) is 6.88. The maximum Gasteiger partial charge on any atom is 0.418 e. The van der Waals surface area contributed by atoms with Crippen molar-refractivity contribution in [3.8, 4) is 11.3 Å². The molecule has 0 unspecified atom stereocenters. The summed E-state index contributed by atoms with van der Waals surface area (Å²) in [6.07, 6.45) is -4.65. The number of rotatable bonds is 5. The summed E-state index contributed by atoms with van der Waals surface area (Å²) in [6, 6.07) is 13.1. The number of pyridine rings is 2. The largest absolute Gasteiger partial charge is 0.418 e.